The summed E-state index contributed by atoms with van der Waals surface area (Å²) in [6.07, 6.45) is 21.2. The molecule has 8 fully saturated rings. The summed E-state index contributed by atoms with van der Waals surface area (Å²) in [6, 6.07) is 9.58. The molecule has 0 radical (unpaired) electrons. The minimum Gasteiger partial charge on any atom is -0.418 e. The van der Waals surface area contributed by atoms with Crippen molar-refractivity contribution in [1.29, 1.82) is 21.0 Å². The normalized spacial score (nSPS) is 38.7. The second-order valence-corrected chi connectivity index (χ2v) is 14.6. The molecule has 8 bridgehead atoms. The minimum absolute atomic E-state index is 0. The number of nitriles is 4. The Bertz CT molecular complexity index is 971. The molecule has 0 aromatic heterocycles. The minimum atomic E-state index is -6.00. The van der Waals surface area contributed by atoms with Crippen LogP contribution in [0.15, 0.2) is 0 Å². The van der Waals surface area contributed by atoms with Crippen molar-refractivity contribution in [2.24, 2.45) is 71.0 Å². The van der Waals surface area contributed by atoms with Gasteiger partial charge in [-0.05, 0) is 124 Å². The molecule has 4 unspecified atom stereocenters. The molecule has 8 saturated carbocycles. The first-order valence-corrected chi connectivity index (χ1v) is 16.9. The summed E-state index contributed by atoms with van der Waals surface area (Å²) in [4.78, 5) is 0. The maximum Gasteiger partial charge on any atom is 2.00 e. The van der Waals surface area contributed by atoms with Crippen molar-refractivity contribution in [2.45, 2.75) is 103 Å². The maximum atomic E-state index is 9.75. The number of nitrogens with zero attached hydrogens (tertiary/aromatic N) is 4. The van der Waals surface area contributed by atoms with Crippen LogP contribution in [0.5, 0.6) is 0 Å². The topological polar surface area (TPSA) is 95.2 Å². The number of hydrogen-bond donors (Lipinski definition) is 0. The number of rotatable bonds is 0. The zero-order chi connectivity index (χ0) is 34.1. The summed E-state index contributed by atoms with van der Waals surface area (Å²) >= 11 is 0. The van der Waals surface area contributed by atoms with Gasteiger partial charge in [0.15, 0.2) is 0 Å². The van der Waals surface area contributed by atoms with Crippen LogP contribution in [0, 0.1) is 116 Å². The molecule has 15 heteroatoms. The molecule has 0 aromatic carbocycles. The molecule has 8 aliphatic carbocycles. The number of hydrogen-bond acceptors (Lipinski definition) is 4. The first kappa shape index (κ1) is 41.4. The van der Waals surface area contributed by atoms with E-state index in [0.29, 0.717) is 23.7 Å². The predicted molar refractivity (Wildman–Crippen MR) is 159 cm³/mol. The van der Waals surface area contributed by atoms with Gasteiger partial charge in [-0.15, -0.1) is 0 Å². The second kappa shape index (κ2) is 18.8. The summed E-state index contributed by atoms with van der Waals surface area (Å²) in [7, 11) is -12.0. The fourth-order valence-corrected chi connectivity index (χ4v) is 9.61. The molecule has 0 spiro atoms. The van der Waals surface area contributed by atoms with Crippen LogP contribution in [0.2, 0.25) is 0 Å². The quantitative estimate of drug-likeness (QED) is 0.181. The van der Waals surface area contributed by atoms with Crippen LogP contribution in [0.25, 0.3) is 0 Å². The van der Waals surface area contributed by atoms with E-state index in [9.17, 15) is 34.5 Å². The van der Waals surface area contributed by atoms with E-state index < -0.39 is 14.5 Å². The molecule has 0 amide bonds. The molecule has 264 valence electrons. The molecule has 0 aliphatic heterocycles. The predicted octanol–water partition coefficient (Wildman–Crippen LogP) is 10.4. The Morgan fingerprint density at radius 1 is 0.340 bits per heavy atom. The van der Waals surface area contributed by atoms with E-state index in [1.165, 1.54) is 103 Å². The van der Waals surface area contributed by atoms with Crippen molar-refractivity contribution in [1.82, 2.24) is 0 Å². The zero-order valence-electron chi connectivity index (χ0n) is 26.5. The van der Waals surface area contributed by atoms with E-state index in [2.05, 4.69) is 24.3 Å². The van der Waals surface area contributed by atoms with Gasteiger partial charge in [0, 0.05) is 23.7 Å². The third-order valence-corrected chi connectivity index (χ3v) is 11.6. The van der Waals surface area contributed by atoms with E-state index in [1.54, 1.807) is 0 Å². The zero-order valence-corrected chi connectivity index (χ0v) is 28.1. The van der Waals surface area contributed by atoms with Gasteiger partial charge >= 0.3 is 34.9 Å². The Morgan fingerprint density at radius 2 is 0.511 bits per heavy atom. The Morgan fingerprint density at radius 3 is 0.574 bits per heavy atom. The molecule has 0 heterocycles. The fraction of sp³-hybridized carbons (Fsp3) is 0.875. The van der Waals surface area contributed by atoms with E-state index in [4.69, 9.17) is 21.0 Å². The van der Waals surface area contributed by atoms with Gasteiger partial charge in [0.1, 0.15) is 0 Å². The van der Waals surface area contributed by atoms with Crippen LogP contribution in [0.4, 0.5) is 34.5 Å². The first-order chi connectivity index (χ1) is 21.6. The Balaban J connectivity index is 0.000000199. The molecular weight excluding hydrogens is 720 g/mol. The molecule has 47 heavy (non-hydrogen) atoms. The average molecular weight is 765 g/mol. The van der Waals surface area contributed by atoms with E-state index in [1.807, 2.05) is 0 Å². The van der Waals surface area contributed by atoms with Crippen molar-refractivity contribution in [2.75, 3.05) is 0 Å². The monoisotopic (exact) mass is 764 g/mol. The maximum absolute atomic E-state index is 9.75. The fourth-order valence-electron chi connectivity index (χ4n) is 9.61. The summed E-state index contributed by atoms with van der Waals surface area (Å²) in [5, 5.41) is 34.6. The van der Waals surface area contributed by atoms with Gasteiger partial charge in [0.25, 0.3) is 0 Å². The van der Waals surface area contributed by atoms with Crippen molar-refractivity contribution in [3.05, 3.63) is 0 Å². The third-order valence-electron chi connectivity index (χ3n) is 11.6. The van der Waals surface area contributed by atoms with Crippen LogP contribution in [0.1, 0.15) is 103 Å². The van der Waals surface area contributed by atoms with Gasteiger partial charge in [-0.25, -0.2) is 0 Å². The molecule has 4 nitrogen and oxygen atoms in total. The van der Waals surface area contributed by atoms with E-state index >= 15 is 0 Å². The van der Waals surface area contributed by atoms with Crippen molar-refractivity contribution in [3.63, 3.8) is 0 Å². The number of fused-ring (bicyclic) bond motifs is 8. The van der Waals surface area contributed by atoms with Crippen molar-refractivity contribution in [3.8, 4) is 24.3 Å². The second-order valence-electron chi connectivity index (χ2n) is 14.6. The van der Waals surface area contributed by atoms with Gasteiger partial charge in [-0.1, -0.05) is 25.7 Å². The Hall–Kier alpha value is -1.81. The van der Waals surface area contributed by atoms with Gasteiger partial charge < -0.3 is 34.5 Å². The van der Waals surface area contributed by atoms with Gasteiger partial charge in [-0.3, -0.25) is 0 Å². The Kier molecular flexibility index (Phi) is 16.6. The van der Waals surface area contributed by atoms with Crippen molar-refractivity contribution >= 4 is 14.5 Å². The van der Waals surface area contributed by atoms with E-state index in [0.717, 1.165) is 47.3 Å². The SMILES string of the molecule is F[B-](F)(F)F.F[B-](F)(F)F.N#CC1C[C@@H]2CC[C@H]1C2.N#CC1C[C@@H]2CC[C@H]1C2.N#CC1C[C@@H]2CC[C@H]1C2.N#CC1C[C@@H]2CC[C@H]1C2.[Pd+2]. The summed E-state index contributed by atoms with van der Waals surface area (Å²) in [6.45, 7) is 0. The molecule has 0 aromatic rings. The molecular formula is C32H44B2F8N4Pd. The van der Waals surface area contributed by atoms with Crippen LogP contribution in [-0.2, 0) is 20.4 Å². The van der Waals surface area contributed by atoms with Crippen LogP contribution < -0.4 is 0 Å². The summed E-state index contributed by atoms with van der Waals surface area (Å²) in [5.41, 5.74) is 0. The third kappa shape index (κ3) is 14.3. The van der Waals surface area contributed by atoms with E-state index in [-0.39, 0.29) is 20.4 Å². The Labute approximate surface area is 287 Å². The molecule has 8 rings (SSSR count). The van der Waals surface area contributed by atoms with Crippen LogP contribution in [-0.4, -0.2) is 14.5 Å². The average Bonchev–Trinajstić information content (AvgIpc) is 3.84. The molecule has 8 aliphatic rings. The van der Waals surface area contributed by atoms with Crippen molar-refractivity contribution < 1.29 is 54.9 Å². The standard InChI is InChI=1S/4C8H11N.2BF4.Pd/c4*9-5-8-4-6-1-2-7(8)3-6;2*2-1(3,4)5;/h4*6-8H,1-4H2;;;/q;;;;2*-1;+2/t4*6-,7+,8?;;;/m1111.../s1. The van der Waals surface area contributed by atoms with Crippen LogP contribution in [0.3, 0.4) is 0 Å². The van der Waals surface area contributed by atoms with Crippen LogP contribution >= 0.6 is 0 Å². The van der Waals surface area contributed by atoms with Gasteiger partial charge in [0.2, 0.25) is 0 Å². The first-order valence-electron chi connectivity index (χ1n) is 16.9. The molecule has 0 N–H and O–H groups in total. The summed E-state index contributed by atoms with van der Waals surface area (Å²) < 4.78 is 78.0. The largest absolute Gasteiger partial charge is 2.00 e. The van der Waals surface area contributed by atoms with Gasteiger partial charge in [-0.2, -0.15) is 21.0 Å². The number of halogens is 8. The summed E-state index contributed by atoms with van der Waals surface area (Å²) in [5.74, 6) is 8.62. The van der Waals surface area contributed by atoms with Gasteiger partial charge in [0.05, 0.1) is 24.3 Å². The smallest absolute Gasteiger partial charge is 0.418 e. The molecule has 0 saturated heterocycles. The molecule has 12 atom stereocenters.